The average Bonchev–Trinajstić information content (AvgIpc) is 2.78. The number of aliphatic imine (C=N–C) groups is 1. The Balaban J connectivity index is 2.91. The minimum Gasteiger partial charge on any atom is -0.381 e. The van der Waals surface area contributed by atoms with Crippen LogP contribution in [0.1, 0.15) is 73.1 Å². The number of unbranched alkanes of at least 4 members (excludes halogenated alkanes) is 2. The number of rotatable bonds is 8. The van der Waals surface area contributed by atoms with Crippen molar-refractivity contribution in [1.29, 1.82) is 0 Å². The Morgan fingerprint density at radius 3 is 2.50 bits per heavy atom. The predicted octanol–water partition coefficient (Wildman–Crippen LogP) is 5.51. The van der Waals surface area contributed by atoms with Gasteiger partial charge in [0.2, 0.25) is 0 Å². The van der Waals surface area contributed by atoms with E-state index in [0.29, 0.717) is 25.0 Å². The van der Waals surface area contributed by atoms with Crippen LogP contribution in [0.15, 0.2) is 28.4 Å². The number of ketones is 1. The maximum atomic E-state index is 11.8. The van der Waals surface area contributed by atoms with Crippen LogP contribution in [0.4, 0.5) is 0 Å². The normalized spacial score (nSPS) is 22.0. The highest BCUT2D eigenvalue weighted by Crippen LogP contribution is 2.27. The van der Waals surface area contributed by atoms with Gasteiger partial charge in [0.15, 0.2) is 5.78 Å². The molecule has 0 aliphatic carbocycles. The molecule has 1 saturated heterocycles. The van der Waals surface area contributed by atoms with E-state index >= 15 is 0 Å². The molecule has 0 aromatic carbocycles. The molecule has 1 heterocycles. The summed E-state index contributed by atoms with van der Waals surface area (Å²) in [5.74, 6) is 1.06. The molecule has 0 N–H and O–H groups in total. The zero-order valence-electron chi connectivity index (χ0n) is 16.3. The predicted molar refractivity (Wildman–Crippen MR) is 102 cm³/mol. The maximum absolute atomic E-state index is 11.8. The average molecular weight is 334 g/mol. The Morgan fingerprint density at radius 1 is 1.21 bits per heavy atom. The van der Waals surface area contributed by atoms with E-state index in [1.165, 1.54) is 25.7 Å². The third-order valence-electron chi connectivity index (χ3n) is 5.23. The number of nitrogens with zero attached hydrogens (tertiary/aromatic N) is 1. The van der Waals surface area contributed by atoms with Gasteiger partial charge in [0.05, 0.1) is 13.2 Å². The van der Waals surface area contributed by atoms with E-state index in [1.807, 2.05) is 6.92 Å². The summed E-state index contributed by atoms with van der Waals surface area (Å²) in [4.78, 5) is 16.7. The molecule has 0 radical (unpaired) electrons. The maximum Gasteiger partial charge on any atom is 0.155 e. The molecule has 1 aliphatic rings. The molecule has 0 aromatic rings. The highest BCUT2D eigenvalue weighted by Gasteiger charge is 2.20. The van der Waals surface area contributed by atoms with Crippen LogP contribution < -0.4 is 0 Å². The summed E-state index contributed by atoms with van der Waals surface area (Å²) in [5.41, 5.74) is 3.81. The summed E-state index contributed by atoms with van der Waals surface area (Å²) in [5, 5.41) is 0. The van der Waals surface area contributed by atoms with Crippen molar-refractivity contribution in [2.75, 3.05) is 13.2 Å². The van der Waals surface area contributed by atoms with Gasteiger partial charge in [0.25, 0.3) is 0 Å². The van der Waals surface area contributed by atoms with Crippen molar-refractivity contribution in [3.63, 3.8) is 0 Å². The Kier molecular flexibility index (Phi) is 9.20. The quantitative estimate of drug-likeness (QED) is 0.434. The zero-order chi connectivity index (χ0) is 18.1. The van der Waals surface area contributed by atoms with Crippen molar-refractivity contribution in [3.05, 3.63) is 23.4 Å². The highest BCUT2D eigenvalue weighted by atomic mass is 16.5. The number of hydrogen-bond acceptors (Lipinski definition) is 3. The molecule has 0 spiro atoms. The number of hydrogen-bond donors (Lipinski definition) is 0. The first-order valence-corrected chi connectivity index (χ1v) is 9.43. The van der Waals surface area contributed by atoms with Crippen molar-refractivity contribution < 1.29 is 9.53 Å². The van der Waals surface area contributed by atoms with Gasteiger partial charge in [0.1, 0.15) is 0 Å². The third-order valence-corrected chi connectivity index (χ3v) is 5.23. The van der Waals surface area contributed by atoms with Crippen molar-refractivity contribution in [2.45, 2.75) is 73.1 Å². The minimum atomic E-state index is 0.117. The lowest BCUT2D eigenvalue weighted by molar-refractivity contribution is -0.113. The lowest BCUT2D eigenvalue weighted by atomic mass is 9.88. The molecule has 136 valence electrons. The van der Waals surface area contributed by atoms with Gasteiger partial charge in [-0.3, -0.25) is 9.79 Å². The van der Waals surface area contributed by atoms with Gasteiger partial charge >= 0.3 is 0 Å². The van der Waals surface area contributed by atoms with Crippen molar-refractivity contribution in [3.8, 4) is 0 Å². The molecule has 0 amide bonds. The van der Waals surface area contributed by atoms with E-state index in [2.05, 4.69) is 27.4 Å². The third kappa shape index (κ3) is 6.35. The fraction of sp³-hybridized carbons (Fsp3) is 0.714. The smallest absolute Gasteiger partial charge is 0.155 e. The number of allylic oxidation sites excluding steroid dienone is 2. The van der Waals surface area contributed by atoms with E-state index in [0.717, 1.165) is 35.4 Å². The Morgan fingerprint density at radius 2 is 1.88 bits per heavy atom. The summed E-state index contributed by atoms with van der Waals surface area (Å²) in [6, 6.07) is 0. The number of carbonyl (C=O) groups excluding carboxylic acids is 1. The van der Waals surface area contributed by atoms with Crippen LogP contribution in [-0.2, 0) is 9.53 Å². The fourth-order valence-electron chi connectivity index (χ4n) is 3.05. The van der Waals surface area contributed by atoms with Crippen molar-refractivity contribution in [1.82, 2.24) is 0 Å². The molecular formula is C21H35NO2. The van der Waals surface area contributed by atoms with Gasteiger partial charge < -0.3 is 4.74 Å². The Labute approximate surface area is 148 Å². The van der Waals surface area contributed by atoms with Gasteiger partial charge in [0, 0.05) is 23.7 Å². The van der Waals surface area contributed by atoms with Crippen molar-refractivity contribution >= 4 is 11.5 Å². The molecule has 3 nitrogen and oxygen atoms in total. The van der Waals surface area contributed by atoms with Crippen LogP contribution in [0.3, 0.4) is 0 Å². The molecule has 0 aromatic heterocycles. The van der Waals surface area contributed by atoms with E-state index in [9.17, 15) is 4.79 Å². The summed E-state index contributed by atoms with van der Waals surface area (Å²) in [6.45, 7) is 15.8. The SMILES string of the molecule is C=C(/N=C1/CCOCC/C1=C(/C)C(C)=O)C(C)C(C)CCCCC. The van der Waals surface area contributed by atoms with E-state index < -0.39 is 0 Å². The summed E-state index contributed by atoms with van der Waals surface area (Å²) in [6.07, 6.45) is 6.56. The van der Waals surface area contributed by atoms with Crippen LogP contribution in [0.2, 0.25) is 0 Å². The van der Waals surface area contributed by atoms with Gasteiger partial charge in [-0.1, -0.05) is 53.0 Å². The van der Waals surface area contributed by atoms with E-state index in [4.69, 9.17) is 9.73 Å². The molecule has 3 heteroatoms. The molecule has 0 saturated carbocycles. The minimum absolute atomic E-state index is 0.117. The van der Waals surface area contributed by atoms with Gasteiger partial charge in [-0.15, -0.1) is 0 Å². The number of ether oxygens (including phenoxy) is 1. The molecule has 1 rings (SSSR count). The van der Waals surface area contributed by atoms with E-state index in [-0.39, 0.29) is 5.78 Å². The first-order chi connectivity index (χ1) is 11.4. The van der Waals surface area contributed by atoms with Gasteiger partial charge in [-0.05, 0) is 37.3 Å². The number of carbonyl (C=O) groups is 1. The van der Waals surface area contributed by atoms with Crippen LogP contribution in [-0.4, -0.2) is 24.7 Å². The lowest BCUT2D eigenvalue weighted by Gasteiger charge is -2.21. The standard InChI is InChI=1S/C21H35NO2/c1-7-8-9-10-15(2)16(3)18(5)22-21-12-14-24-13-11-20(21)17(4)19(6)23/h15-16H,5,7-14H2,1-4,6H3/b20-17+,22-21-. The molecule has 1 aliphatic heterocycles. The van der Waals surface area contributed by atoms with E-state index in [1.54, 1.807) is 6.92 Å². The van der Waals surface area contributed by atoms with Crippen LogP contribution in [0, 0.1) is 11.8 Å². The second-order valence-corrected chi connectivity index (χ2v) is 7.08. The highest BCUT2D eigenvalue weighted by molar-refractivity contribution is 6.08. The molecule has 2 unspecified atom stereocenters. The Bertz CT molecular complexity index is 502. The van der Waals surface area contributed by atoms with Gasteiger partial charge in [-0.2, -0.15) is 0 Å². The van der Waals surface area contributed by atoms with Crippen LogP contribution in [0.5, 0.6) is 0 Å². The zero-order valence-corrected chi connectivity index (χ0v) is 16.3. The lowest BCUT2D eigenvalue weighted by Crippen LogP contribution is -2.13. The molecule has 24 heavy (non-hydrogen) atoms. The summed E-state index contributed by atoms with van der Waals surface area (Å²) < 4.78 is 5.58. The van der Waals surface area contributed by atoms with Crippen molar-refractivity contribution in [2.24, 2.45) is 16.8 Å². The fourth-order valence-corrected chi connectivity index (χ4v) is 3.05. The van der Waals surface area contributed by atoms with Crippen LogP contribution in [0.25, 0.3) is 0 Å². The molecule has 1 fully saturated rings. The largest absolute Gasteiger partial charge is 0.381 e. The van der Waals surface area contributed by atoms with Crippen LogP contribution >= 0.6 is 0 Å². The van der Waals surface area contributed by atoms with Gasteiger partial charge in [-0.25, -0.2) is 0 Å². The first-order valence-electron chi connectivity index (χ1n) is 9.43. The summed E-state index contributed by atoms with van der Waals surface area (Å²) >= 11 is 0. The molecular weight excluding hydrogens is 298 g/mol. The first kappa shape index (κ1) is 20.8. The number of Topliss-reactive ketones (excluding diaryl/α,β-unsaturated/α-hetero) is 1. The second kappa shape index (κ2) is 10.6. The molecule has 0 bridgehead atoms. The molecule has 2 atom stereocenters. The second-order valence-electron chi connectivity index (χ2n) is 7.08. The monoisotopic (exact) mass is 333 g/mol. The summed E-state index contributed by atoms with van der Waals surface area (Å²) in [7, 11) is 0. The topological polar surface area (TPSA) is 38.7 Å². The Hall–Kier alpha value is -1.22.